The van der Waals surface area contributed by atoms with Gasteiger partial charge in [-0.05, 0) is 51.7 Å². The number of carbonyl (C=O) groups excluding carboxylic acids is 2. The Balaban J connectivity index is 2.34. The lowest BCUT2D eigenvalue weighted by Gasteiger charge is -2.27. The van der Waals surface area contributed by atoms with Gasteiger partial charge in [0, 0.05) is 6.54 Å². The zero-order valence-electron chi connectivity index (χ0n) is 13.6. The van der Waals surface area contributed by atoms with Crippen LogP contribution in [-0.4, -0.2) is 58.9 Å². The zero-order chi connectivity index (χ0) is 17.1. The van der Waals surface area contributed by atoms with Crippen molar-refractivity contribution >= 4 is 11.7 Å². The number of phenolic OH excluding ortho intramolecular Hbond substituents is 1. The minimum atomic E-state index is -0.609. The summed E-state index contributed by atoms with van der Waals surface area (Å²) in [6.45, 7) is 2.57. The Labute approximate surface area is 135 Å². The number of Topliss-reactive ketones (excluding diaryl/α,β-unsaturated/α-hetero) is 1. The van der Waals surface area contributed by atoms with Gasteiger partial charge in [0.2, 0.25) is 0 Å². The van der Waals surface area contributed by atoms with Gasteiger partial charge in [-0.2, -0.15) is 0 Å². The normalized spacial score (nSPS) is 18.2. The van der Waals surface area contributed by atoms with Gasteiger partial charge in [0.25, 0.3) is 5.91 Å². The van der Waals surface area contributed by atoms with E-state index in [4.69, 9.17) is 0 Å². The molecule has 0 unspecified atom stereocenters. The van der Waals surface area contributed by atoms with E-state index in [1.54, 1.807) is 12.1 Å². The summed E-state index contributed by atoms with van der Waals surface area (Å²) < 4.78 is 0. The fourth-order valence-corrected chi connectivity index (χ4v) is 2.80. The van der Waals surface area contributed by atoms with Gasteiger partial charge in [0.1, 0.15) is 5.75 Å². The van der Waals surface area contributed by atoms with Gasteiger partial charge in [0.05, 0.1) is 11.6 Å². The van der Waals surface area contributed by atoms with Gasteiger partial charge in [-0.1, -0.05) is 12.1 Å². The number of hydrogen-bond donors (Lipinski definition) is 2. The molecule has 2 rings (SSSR count). The van der Waals surface area contributed by atoms with E-state index >= 15 is 0 Å². The third-order valence-corrected chi connectivity index (χ3v) is 3.90. The molecule has 6 heteroatoms. The molecular weight excluding hydrogens is 296 g/mol. The maximum absolute atomic E-state index is 12.3. The highest BCUT2D eigenvalue weighted by Gasteiger charge is 2.41. The van der Waals surface area contributed by atoms with E-state index in [1.807, 2.05) is 19.0 Å². The second kappa shape index (κ2) is 6.83. The summed E-state index contributed by atoms with van der Waals surface area (Å²) in [5.41, 5.74) is 0.806. The number of hydrogen-bond acceptors (Lipinski definition) is 5. The fourth-order valence-electron chi connectivity index (χ4n) is 2.80. The number of aliphatic hydroxyl groups excluding tert-OH is 1. The van der Waals surface area contributed by atoms with Crippen LogP contribution < -0.4 is 0 Å². The Hall–Kier alpha value is -2.34. The van der Waals surface area contributed by atoms with Crippen molar-refractivity contribution in [3.8, 4) is 5.75 Å². The molecular formula is C17H22N2O4. The second-order valence-electron chi connectivity index (χ2n) is 5.97. The minimum absolute atomic E-state index is 0.106. The van der Waals surface area contributed by atoms with Crippen molar-refractivity contribution in [3.63, 3.8) is 0 Å². The Bertz CT molecular complexity index is 634. The van der Waals surface area contributed by atoms with Gasteiger partial charge in [-0.25, -0.2) is 0 Å². The van der Waals surface area contributed by atoms with Crippen LogP contribution in [0, 0.1) is 0 Å². The van der Waals surface area contributed by atoms with Crippen LogP contribution >= 0.6 is 0 Å². The number of nitrogens with zero attached hydrogens (tertiary/aromatic N) is 2. The molecule has 0 saturated heterocycles. The molecule has 1 atom stereocenters. The van der Waals surface area contributed by atoms with Crippen molar-refractivity contribution in [2.24, 2.45) is 0 Å². The lowest BCUT2D eigenvalue weighted by molar-refractivity contribution is -0.129. The van der Waals surface area contributed by atoms with Crippen LogP contribution in [-0.2, 0) is 9.59 Å². The average Bonchev–Trinajstić information content (AvgIpc) is 2.72. The quantitative estimate of drug-likeness (QED) is 0.833. The summed E-state index contributed by atoms with van der Waals surface area (Å²) in [5, 5.41) is 19.5. The highest BCUT2D eigenvalue weighted by molar-refractivity contribution is 6.08. The molecule has 1 aliphatic rings. The topological polar surface area (TPSA) is 81.1 Å². The zero-order valence-corrected chi connectivity index (χ0v) is 13.6. The second-order valence-corrected chi connectivity index (χ2v) is 5.97. The van der Waals surface area contributed by atoms with E-state index in [0.717, 1.165) is 13.0 Å². The van der Waals surface area contributed by atoms with Gasteiger partial charge in [0.15, 0.2) is 11.5 Å². The van der Waals surface area contributed by atoms with E-state index in [1.165, 1.54) is 24.0 Å². The van der Waals surface area contributed by atoms with Crippen LogP contribution in [0.15, 0.2) is 35.6 Å². The van der Waals surface area contributed by atoms with Crippen molar-refractivity contribution in [3.05, 3.63) is 41.2 Å². The Morgan fingerprint density at radius 3 is 2.35 bits per heavy atom. The maximum Gasteiger partial charge on any atom is 0.290 e. The first kappa shape index (κ1) is 17.0. The molecule has 23 heavy (non-hydrogen) atoms. The molecule has 0 spiro atoms. The third-order valence-electron chi connectivity index (χ3n) is 3.90. The van der Waals surface area contributed by atoms with E-state index < -0.39 is 17.7 Å². The number of ketones is 1. The van der Waals surface area contributed by atoms with Gasteiger partial charge < -0.3 is 20.0 Å². The largest absolute Gasteiger partial charge is 0.508 e. The first-order valence-corrected chi connectivity index (χ1v) is 7.51. The molecule has 1 heterocycles. The van der Waals surface area contributed by atoms with Crippen molar-refractivity contribution in [1.82, 2.24) is 9.80 Å². The van der Waals surface area contributed by atoms with Crippen LogP contribution in [0.5, 0.6) is 5.75 Å². The Kier molecular flexibility index (Phi) is 5.05. The summed E-state index contributed by atoms with van der Waals surface area (Å²) in [4.78, 5) is 27.8. The summed E-state index contributed by atoms with van der Waals surface area (Å²) in [7, 11) is 3.89. The number of aliphatic hydroxyl groups is 1. The first-order chi connectivity index (χ1) is 10.8. The van der Waals surface area contributed by atoms with Gasteiger partial charge in [-0.15, -0.1) is 0 Å². The number of aromatic hydroxyl groups is 1. The molecule has 0 radical (unpaired) electrons. The number of rotatable bonds is 6. The van der Waals surface area contributed by atoms with Crippen molar-refractivity contribution in [2.45, 2.75) is 19.4 Å². The van der Waals surface area contributed by atoms with Crippen molar-refractivity contribution in [2.75, 3.05) is 27.2 Å². The van der Waals surface area contributed by atoms with Crippen LogP contribution in [0.1, 0.15) is 24.9 Å². The predicted molar refractivity (Wildman–Crippen MR) is 86.1 cm³/mol. The van der Waals surface area contributed by atoms with E-state index in [0.29, 0.717) is 12.1 Å². The molecule has 2 N–H and O–H groups in total. The summed E-state index contributed by atoms with van der Waals surface area (Å²) >= 11 is 0. The molecule has 1 aromatic carbocycles. The van der Waals surface area contributed by atoms with E-state index in [2.05, 4.69) is 0 Å². The lowest BCUT2D eigenvalue weighted by atomic mass is 9.96. The molecule has 0 bridgehead atoms. The van der Waals surface area contributed by atoms with E-state index in [-0.39, 0.29) is 17.1 Å². The number of benzene rings is 1. The monoisotopic (exact) mass is 318 g/mol. The molecule has 0 aromatic heterocycles. The first-order valence-electron chi connectivity index (χ1n) is 7.51. The van der Waals surface area contributed by atoms with Crippen molar-refractivity contribution in [1.29, 1.82) is 0 Å². The number of amides is 1. The van der Waals surface area contributed by atoms with Crippen LogP contribution in [0.4, 0.5) is 0 Å². The highest BCUT2D eigenvalue weighted by Crippen LogP contribution is 2.38. The third kappa shape index (κ3) is 3.53. The SMILES string of the molecule is CC(=O)C1=C(O)C(=O)N(CCCN(C)C)[C@@H]1c1ccc(O)cc1. The minimum Gasteiger partial charge on any atom is -0.508 e. The molecule has 1 amide bonds. The van der Waals surface area contributed by atoms with Crippen LogP contribution in [0.2, 0.25) is 0 Å². The molecule has 0 fully saturated rings. The fraction of sp³-hybridized carbons (Fsp3) is 0.412. The maximum atomic E-state index is 12.3. The highest BCUT2D eigenvalue weighted by atomic mass is 16.3. The van der Waals surface area contributed by atoms with E-state index in [9.17, 15) is 19.8 Å². The van der Waals surface area contributed by atoms with Gasteiger partial charge in [-0.3, -0.25) is 9.59 Å². The molecule has 6 nitrogen and oxygen atoms in total. The standard InChI is InChI=1S/C17H22N2O4/c1-11(20)14-15(12-5-7-13(21)8-6-12)19(17(23)16(14)22)10-4-9-18(2)3/h5-8,15,21-22H,4,9-10H2,1-3H3/t15-/m1/s1. The molecule has 124 valence electrons. The summed E-state index contributed by atoms with van der Waals surface area (Å²) in [5.74, 6) is -1.22. The number of carbonyl (C=O) groups is 2. The molecule has 1 aliphatic heterocycles. The molecule has 0 aliphatic carbocycles. The summed E-state index contributed by atoms with van der Waals surface area (Å²) in [6.07, 6.45) is 0.728. The van der Waals surface area contributed by atoms with Crippen molar-refractivity contribution < 1.29 is 19.8 Å². The predicted octanol–water partition coefficient (Wildman–Crippen LogP) is 1.63. The lowest BCUT2D eigenvalue weighted by Crippen LogP contribution is -2.33. The average molecular weight is 318 g/mol. The Morgan fingerprint density at radius 2 is 1.83 bits per heavy atom. The summed E-state index contributed by atoms with van der Waals surface area (Å²) in [6, 6.07) is 5.72. The van der Waals surface area contributed by atoms with Gasteiger partial charge >= 0.3 is 0 Å². The van der Waals surface area contributed by atoms with Crippen LogP contribution in [0.3, 0.4) is 0 Å². The molecule has 0 saturated carbocycles. The van der Waals surface area contributed by atoms with Crippen LogP contribution in [0.25, 0.3) is 0 Å². The Morgan fingerprint density at radius 1 is 1.22 bits per heavy atom. The number of phenols is 1. The smallest absolute Gasteiger partial charge is 0.290 e. The molecule has 1 aromatic rings.